The molecule has 8 nitrogen and oxygen atoms in total. The number of piperidine rings is 1. The number of aromatic nitrogens is 1. The van der Waals surface area contributed by atoms with Crippen LogP contribution in [-0.4, -0.2) is 69.2 Å². The lowest BCUT2D eigenvalue weighted by Gasteiger charge is -2.20. The SMILES string of the molecule is COc1ccc2c(CCN(C)C)cn(C(=O)OCOC(=O)C3CCNCC3)c2c1. The van der Waals surface area contributed by atoms with Crippen molar-refractivity contribution in [3.8, 4) is 5.75 Å². The number of ether oxygens (including phenoxy) is 3. The van der Waals surface area contributed by atoms with Gasteiger partial charge >= 0.3 is 12.1 Å². The van der Waals surface area contributed by atoms with Crippen LogP contribution in [0.1, 0.15) is 18.4 Å². The molecule has 1 N–H and O–H groups in total. The summed E-state index contributed by atoms with van der Waals surface area (Å²) in [6, 6.07) is 5.62. The maximum absolute atomic E-state index is 12.7. The Kier molecular flexibility index (Phi) is 7.11. The van der Waals surface area contributed by atoms with Gasteiger partial charge in [0.15, 0.2) is 0 Å². The van der Waals surface area contributed by atoms with Gasteiger partial charge in [-0.1, -0.05) is 0 Å². The quantitative estimate of drug-likeness (QED) is 0.561. The molecule has 0 amide bonds. The molecule has 0 unspecified atom stereocenters. The van der Waals surface area contributed by atoms with E-state index in [1.165, 1.54) is 4.57 Å². The predicted molar refractivity (Wildman–Crippen MR) is 109 cm³/mol. The second-order valence-electron chi connectivity index (χ2n) is 7.48. The number of rotatable bonds is 7. The minimum Gasteiger partial charge on any atom is -0.497 e. The summed E-state index contributed by atoms with van der Waals surface area (Å²) >= 11 is 0. The number of benzene rings is 1. The molecule has 0 spiro atoms. The average molecular weight is 403 g/mol. The van der Waals surface area contributed by atoms with Crippen molar-refractivity contribution in [2.75, 3.05) is 47.6 Å². The molecule has 158 valence electrons. The molecule has 0 aliphatic carbocycles. The second-order valence-corrected chi connectivity index (χ2v) is 7.48. The maximum atomic E-state index is 12.7. The van der Waals surface area contributed by atoms with Gasteiger partial charge in [0.1, 0.15) is 5.75 Å². The summed E-state index contributed by atoms with van der Waals surface area (Å²) in [5.74, 6) is 0.204. The molecule has 1 aromatic carbocycles. The Hall–Kier alpha value is -2.58. The van der Waals surface area contributed by atoms with E-state index in [4.69, 9.17) is 14.2 Å². The van der Waals surface area contributed by atoms with E-state index in [0.29, 0.717) is 11.3 Å². The maximum Gasteiger partial charge on any atom is 0.421 e. The van der Waals surface area contributed by atoms with Crippen molar-refractivity contribution < 1.29 is 23.8 Å². The number of nitrogens with one attached hydrogen (secondary N) is 1. The summed E-state index contributed by atoms with van der Waals surface area (Å²) in [7, 11) is 5.60. The summed E-state index contributed by atoms with van der Waals surface area (Å²) in [5.41, 5.74) is 1.74. The topological polar surface area (TPSA) is 82.0 Å². The Bertz CT molecular complexity index is 855. The molecule has 3 rings (SSSR count). The van der Waals surface area contributed by atoms with Crippen molar-refractivity contribution in [2.24, 2.45) is 5.92 Å². The van der Waals surface area contributed by atoms with Crippen molar-refractivity contribution in [1.29, 1.82) is 0 Å². The van der Waals surface area contributed by atoms with Crippen molar-refractivity contribution in [3.05, 3.63) is 30.0 Å². The number of methoxy groups -OCH3 is 1. The molecule has 1 aliphatic heterocycles. The number of carbonyl (C=O) groups is 2. The number of hydrogen-bond acceptors (Lipinski definition) is 7. The Labute approximate surface area is 170 Å². The minimum atomic E-state index is -0.586. The Morgan fingerprint density at radius 2 is 1.97 bits per heavy atom. The smallest absolute Gasteiger partial charge is 0.421 e. The van der Waals surface area contributed by atoms with Gasteiger partial charge in [0.25, 0.3) is 0 Å². The van der Waals surface area contributed by atoms with E-state index in [1.54, 1.807) is 19.4 Å². The third kappa shape index (κ3) is 5.27. The van der Waals surface area contributed by atoms with Crippen LogP contribution in [0.5, 0.6) is 5.75 Å². The first kappa shape index (κ1) is 21.1. The normalized spacial score (nSPS) is 14.9. The molecule has 8 heteroatoms. The first-order valence-electron chi connectivity index (χ1n) is 9.86. The zero-order chi connectivity index (χ0) is 20.8. The summed E-state index contributed by atoms with van der Waals surface area (Å²) in [6.45, 7) is 2.06. The Balaban J connectivity index is 1.69. The van der Waals surface area contributed by atoms with E-state index in [1.807, 2.05) is 26.2 Å². The summed E-state index contributed by atoms with van der Waals surface area (Å²) in [6.07, 6.45) is 3.47. The van der Waals surface area contributed by atoms with Crippen LogP contribution in [0.2, 0.25) is 0 Å². The van der Waals surface area contributed by atoms with Gasteiger partial charge in [-0.05, 0) is 64.1 Å². The van der Waals surface area contributed by atoms with Crippen molar-refractivity contribution in [2.45, 2.75) is 19.3 Å². The summed E-state index contributed by atoms with van der Waals surface area (Å²) in [5, 5.41) is 4.17. The molecule has 0 atom stereocenters. The first-order valence-corrected chi connectivity index (χ1v) is 9.86. The highest BCUT2D eigenvalue weighted by atomic mass is 16.7. The van der Waals surface area contributed by atoms with Gasteiger partial charge in [0.05, 0.1) is 18.5 Å². The molecule has 2 heterocycles. The van der Waals surface area contributed by atoms with Gasteiger partial charge in [-0.25, -0.2) is 4.79 Å². The van der Waals surface area contributed by atoms with Crippen LogP contribution in [0.25, 0.3) is 10.9 Å². The molecule has 0 saturated carbocycles. The van der Waals surface area contributed by atoms with Gasteiger partial charge in [-0.2, -0.15) is 0 Å². The molecule has 1 saturated heterocycles. The molecule has 2 aromatic rings. The number of likely N-dealkylation sites (N-methyl/N-ethyl adjacent to an activating group) is 1. The van der Waals surface area contributed by atoms with Crippen LogP contribution >= 0.6 is 0 Å². The van der Waals surface area contributed by atoms with Crippen LogP contribution in [-0.2, 0) is 20.7 Å². The molecule has 0 radical (unpaired) electrons. The highest BCUT2D eigenvalue weighted by Crippen LogP contribution is 2.26. The van der Waals surface area contributed by atoms with Gasteiger partial charge in [-0.3, -0.25) is 9.36 Å². The number of nitrogens with zero attached hydrogens (tertiary/aromatic N) is 2. The lowest BCUT2D eigenvalue weighted by Crippen LogP contribution is -2.33. The fourth-order valence-corrected chi connectivity index (χ4v) is 3.48. The monoisotopic (exact) mass is 403 g/mol. The number of esters is 1. The third-order valence-corrected chi connectivity index (χ3v) is 5.18. The summed E-state index contributed by atoms with van der Waals surface area (Å²) < 4.78 is 17.1. The van der Waals surface area contributed by atoms with E-state index in [0.717, 1.165) is 49.8 Å². The molecular weight excluding hydrogens is 374 g/mol. The van der Waals surface area contributed by atoms with E-state index >= 15 is 0 Å². The highest BCUT2D eigenvalue weighted by Gasteiger charge is 2.23. The number of carbonyl (C=O) groups excluding carboxylic acids is 2. The van der Waals surface area contributed by atoms with Crippen molar-refractivity contribution in [3.63, 3.8) is 0 Å². The lowest BCUT2D eigenvalue weighted by molar-refractivity contribution is -0.157. The Morgan fingerprint density at radius 3 is 2.66 bits per heavy atom. The zero-order valence-electron chi connectivity index (χ0n) is 17.3. The fourth-order valence-electron chi connectivity index (χ4n) is 3.48. The lowest BCUT2D eigenvalue weighted by atomic mass is 9.99. The summed E-state index contributed by atoms with van der Waals surface area (Å²) in [4.78, 5) is 26.8. The van der Waals surface area contributed by atoms with Crippen LogP contribution in [0.15, 0.2) is 24.4 Å². The molecule has 1 aromatic heterocycles. The van der Waals surface area contributed by atoms with Gasteiger partial charge < -0.3 is 24.4 Å². The van der Waals surface area contributed by atoms with Gasteiger partial charge in [-0.15, -0.1) is 0 Å². The van der Waals surface area contributed by atoms with E-state index in [-0.39, 0.29) is 11.9 Å². The van der Waals surface area contributed by atoms with Gasteiger partial charge in [0.2, 0.25) is 6.79 Å². The molecule has 29 heavy (non-hydrogen) atoms. The first-order chi connectivity index (χ1) is 14.0. The second kappa shape index (κ2) is 9.76. The standard InChI is InChI=1S/C21H29N3O5/c1-23(2)11-8-16-13-24(19-12-17(27-3)4-5-18(16)19)21(26)29-14-28-20(25)15-6-9-22-10-7-15/h4-5,12-13,15,22H,6-11,14H2,1-3H3. The van der Waals surface area contributed by atoms with Crippen molar-refractivity contribution >= 4 is 23.0 Å². The molecule has 1 fully saturated rings. The largest absolute Gasteiger partial charge is 0.497 e. The van der Waals surface area contributed by atoms with E-state index in [9.17, 15) is 9.59 Å². The molecular formula is C21H29N3O5. The highest BCUT2D eigenvalue weighted by molar-refractivity contribution is 5.92. The van der Waals surface area contributed by atoms with Crippen LogP contribution in [0.4, 0.5) is 4.79 Å². The number of hydrogen-bond donors (Lipinski definition) is 1. The molecule has 1 aliphatic rings. The molecule has 0 bridgehead atoms. The number of fused-ring (bicyclic) bond motifs is 1. The minimum absolute atomic E-state index is 0.135. The van der Waals surface area contributed by atoms with E-state index in [2.05, 4.69) is 10.2 Å². The van der Waals surface area contributed by atoms with Gasteiger partial charge in [0, 0.05) is 24.2 Å². The van der Waals surface area contributed by atoms with E-state index < -0.39 is 12.9 Å². The predicted octanol–water partition coefficient (Wildman–Crippen LogP) is 2.24. The van der Waals surface area contributed by atoms with Crippen LogP contribution in [0.3, 0.4) is 0 Å². The van der Waals surface area contributed by atoms with Crippen molar-refractivity contribution in [1.82, 2.24) is 14.8 Å². The zero-order valence-corrected chi connectivity index (χ0v) is 17.3. The third-order valence-electron chi connectivity index (χ3n) is 5.18. The van der Waals surface area contributed by atoms with Crippen LogP contribution < -0.4 is 10.1 Å². The fraction of sp³-hybridized carbons (Fsp3) is 0.524. The Morgan fingerprint density at radius 1 is 1.21 bits per heavy atom. The average Bonchev–Trinajstić information content (AvgIpc) is 3.10. The van der Waals surface area contributed by atoms with Crippen LogP contribution in [0, 0.1) is 5.92 Å².